The topological polar surface area (TPSA) is 26.0 Å². The molecule has 0 spiro atoms. The first-order valence-corrected chi connectivity index (χ1v) is 5.47. The molecule has 0 unspecified atom stereocenters. The molecule has 0 atom stereocenters. The summed E-state index contributed by atoms with van der Waals surface area (Å²) in [7, 11) is 0. The van der Waals surface area contributed by atoms with Gasteiger partial charge in [0.05, 0.1) is 6.26 Å². The van der Waals surface area contributed by atoms with Gasteiger partial charge in [-0.05, 0) is 29.5 Å². The highest BCUT2D eigenvalue weighted by molar-refractivity contribution is 5.78. The van der Waals surface area contributed by atoms with Gasteiger partial charge in [0, 0.05) is 11.1 Å². The second-order valence-electron chi connectivity index (χ2n) is 4.59. The lowest BCUT2D eigenvalue weighted by atomic mass is 9.98. The molecule has 2 nitrogen and oxygen atoms in total. The largest absolute Gasteiger partial charge is 0.446 e. The minimum Gasteiger partial charge on any atom is -0.446 e. The molecule has 0 aliphatic carbocycles. The van der Waals surface area contributed by atoms with Crippen molar-refractivity contribution >= 4 is 11.1 Å². The van der Waals surface area contributed by atoms with E-state index >= 15 is 0 Å². The predicted octanol–water partition coefficient (Wildman–Crippen LogP) is 4.07. The van der Waals surface area contributed by atoms with E-state index < -0.39 is 0 Å². The normalized spacial score (nSPS) is 11.9. The third-order valence-corrected chi connectivity index (χ3v) is 2.70. The molecule has 0 radical (unpaired) electrons. The number of hydrogen-bond acceptors (Lipinski definition) is 2. The number of fused-ring (bicyclic) bond motifs is 1. The monoisotopic (exact) mass is 203 g/mol. The third-order valence-electron chi connectivity index (χ3n) is 2.70. The summed E-state index contributed by atoms with van der Waals surface area (Å²) in [5.41, 5.74) is 3.21. The molecule has 0 aliphatic rings. The van der Waals surface area contributed by atoms with E-state index in [1.54, 1.807) is 6.26 Å². The van der Waals surface area contributed by atoms with Crippen molar-refractivity contribution in [2.24, 2.45) is 0 Å². The summed E-state index contributed by atoms with van der Waals surface area (Å²) in [4.78, 5) is 4.51. The van der Waals surface area contributed by atoms with E-state index in [0.29, 0.717) is 11.8 Å². The number of rotatable bonds is 2. The van der Waals surface area contributed by atoms with Crippen molar-refractivity contribution in [3.8, 4) is 0 Å². The van der Waals surface area contributed by atoms with Crippen LogP contribution in [0.2, 0.25) is 0 Å². The molecule has 15 heavy (non-hydrogen) atoms. The van der Waals surface area contributed by atoms with Gasteiger partial charge in [-0.2, -0.15) is 0 Å². The SMILES string of the molecule is CC(C)c1cc(C(C)C)c2ccoc2n1. The molecule has 80 valence electrons. The first-order chi connectivity index (χ1) is 7.09. The second kappa shape index (κ2) is 3.69. The van der Waals surface area contributed by atoms with E-state index in [4.69, 9.17) is 4.42 Å². The van der Waals surface area contributed by atoms with Gasteiger partial charge in [0.1, 0.15) is 0 Å². The summed E-state index contributed by atoms with van der Waals surface area (Å²) in [5.74, 6) is 0.947. The van der Waals surface area contributed by atoms with Gasteiger partial charge < -0.3 is 4.42 Å². The van der Waals surface area contributed by atoms with Crippen molar-refractivity contribution < 1.29 is 4.42 Å². The number of pyridine rings is 1. The molecule has 2 heterocycles. The Bertz CT molecular complexity index is 468. The smallest absolute Gasteiger partial charge is 0.226 e. The highest BCUT2D eigenvalue weighted by Crippen LogP contribution is 2.28. The lowest BCUT2D eigenvalue weighted by Gasteiger charge is -2.10. The van der Waals surface area contributed by atoms with Crippen molar-refractivity contribution in [1.82, 2.24) is 4.98 Å². The summed E-state index contributed by atoms with van der Waals surface area (Å²) >= 11 is 0. The van der Waals surface area contributed by atoms with Crippen LogP contribution in [0.5, 0.6) is 0 Å². The Morgan fingerprint density at radius 1 is 1.13 bits per heavy atom. The zero-order valence-corrected chi connectivity index (χ0v) is 9.74. The first-order valence-electron chi connectivity index (χ1n) is 5.47. The molecule has 0 saturated carbocycles. The van der Waals surface area contributed by atoms with Gasteiger partial charge >= 0.3 is 0 Å². The quantitative estimate of drug-likeness (QED) is 0.735. The highest BCUT2D eigenvalue weighted by atomic mass is 16.3. The van der Waals surface area contributed by atoms with Crippen molar-refractivity contribution in [3.05, 3.63) is 29.7 Å². The molecule has 2 aromatic heterocycles. The Morgan fingerprint density at radius 2 is 1.87 bits per heavy atom. The van der Waals surface area contributed by atoms with Crippen LogP contribution in [-0.4, -0.2) is 4.98 Å². The second-order valence-corrected chi connectivity index (χ2v) is 4.59. The van der Waals surface area contributed by atoms with Gasteiger partial charge in [0.25, 0.3) is 0 Å². The molecule has 0 N–H and O–H groups in total. The number of aromatic nitrogens is 1. The van der Waals surface area contributed by atoms with Crippen molar-refractivity contribution in [3.63, 3.8) is 0 Å². The van der Waals surface area contributed by atoms with Crippen LogP contribution in [0, 0.1) is 0 Å². The zero-order valence-electron chi connectivity index (χ0n) is 9.74. The molecular weight excluding hydrogens is 186 g/mol. The fraction of sp³-hybridized carbons (Fsp3) is 0.462. The first kappa shape index (κ1) is 10.2. The van der Waals surface area contributed by atoms with Crippen LogP contribution in [0.1, 0.15) is 50.8 Å². The zero-order chi connectivity index (χ0) is 11.0. The summed E-state index contributed by atoms with van der Waals surface area (Å²) < 4.78 is 5.39. The summed E-state index contributed by atoms with van der Waals surface area (Å²) in [6.45, 7) is 8.71. The van der Waals surface area contributed by atoms with Crippen LogP contribution in [0.15, 0.2) is 22.8 Å². The molecule has 0 aromatic carbocycles. The maximum absolute atomic E-state index is 5.39. The van der Waals surface area contributed by atoms with E-state index in [2.05, 4.69) is 38.7 Å². The molecule has 0 aliphatic heterocycles. The van der Waals surface area contributed by atoms with Gasteiger partial charge in [-0.1, -0.05) is 27.7 Å². The van der Waals surface area contributed by atoms with Crippen LogP contribution in [0.3, 0.4) is 0 Å². The summed E-state index contributed by atoms with van der Waals surface area (Å²) in [6.07, 6.45) is 1.72. The maximum atomic E-state index is 5.39. The van der Waals surface area contributed by atoms with Crippen molar-refractivity contribution in [2.45, 2.75) is 39.5 Å². The number of furan rings is 1. The van der Waals surface area contributed by atoms with Gasteiger partial charge in [-0.25, -0.2) is 4.98 Å². The molecule has 2 aromatic rings. The lowest BCUT2D eigenvalue weighted by Crippen LogP contribution is -1.97. The fourth-order valence-electron chi connectivity index (χ4n) is 1.77. The van der Waals surface area contributed by atoms with Gasteiger partial charge in [0.2, 0.25) is 5.71 Å². The van der Waals surface area contributed by atoms with E-state index in [1.807, 2.05) is 6.07 Å². The van der Waals surface area contributed by atoms with Crippen LogP contribution >= 0.6 is 0 Å². The molecule has 2 rings (SSSR count). The molecule has 0 fully saturated rings. The Morgan fingerprint density at radius 3 is 2.47 bits per heavy atom. The van der Waals surface area contributed by atoms with Crippen LogP contribution in [0.4, 0.5) is 0 Å². The van der Waals surface area contributed by atoms with Crippen LogP contribution in [0.25, 0.3) is 11.1 Å². The summed E-state index contributed by atoms with van der Waals surface area (Å²) in [6, 6.07) is 4.20. The molecular formula is C13H17NO. The van der Waals surface area contributed by atoms with Crippen molar-refractivity contribution in [2.75, 3.05) is 0 Å². The van der Waals surface area contributed by atoms with Gasteiger partial charge in [-0.3, -0.25) is 0 Å². The number of hydrogen-bond donors (Lipinski definition) is 0. The number of nitrogens with zero attached hydrogens (tertiary/aromatic N) is 1. The van der Waals surface area contributed by atoms with Crippen molar-refractivity contribution in [1.29, 1.82) is 0 Å². The summed E-state index contributed by atoms with van der Waals surface area (Å²) in [5, 5.41) is 1.15. The third kappa shape index (κ3) is 1.76. The Balaban J connectivity index is 2.69. The van der Waals surface area contributed by atoms with Gasteiger partial charge in [-0.15, -0.1) is 0 Å². The van der Waals surface area contributed by atoms with E-state index in [0.717, 1.165) is 16.8 Å². The average molecular weight is 203 g/mol. The van der Waals surface area contributed by atoms with Gasteiger partial charge in [0.15, 0.2) is 0 Å². The lowest BCUT2D eigenvalue weighted by molar-refractivity contribution is 0.598. The Labute approximate surface area is 90.3 Å². The molecule has 0 amide bonds. The average Bonchev–Trinajstić information content (AvgIpc) is 2.62. The molecule has 2 heteroatoms. The maximum Gasteiger partial charge on any atom is 0.226 e. The highest BCUT2D eigenvalue weighted by Gasteiger charge is 2.12. The Hall–Kier alpha value is -1.31. The predicted molar refractivity (Wildman–Crippen MR) is 62.2 cm³/mol. The van der Waals surface area contributed by atoms with Crippen LogP contribution in [-0.2, 0) is 0 Å². The van der Waals surface area contributed by atoms with E-state index in [9.17, 15) is 0 Å². The van der Waals surface area contributed by atoms with E-state index in [-0.39, 0.29) is 0 Å². The molecule has 0 bridgehead atoms. The van der Waals surface area contributed by atoms with E-state index in [1.165, 1.54) is 5.56 Å². The van der Waals surface area contributed by atoms with Crippen LogP contribution < -0.4 is 0 Å². The fourth-order valence-corrected chi connectivity index (χ4v) is 1.77. The Kier molecular flexibility index (Phi) is 2.51. The minimum absolute atomic E-state index is 0.442. The standard InChI is InChI=1S/C13H17NO/c1-8(2)11-7-12(9(3)4)14-13-10(11)5-6-15-13/h5-9H,1-4H3. The molecule has 0 saturated heterocycles. The minimum atomic E-state index is 0.442.